The highest BCUT2D eigenvalue weighted by Gasteiger charge is 2.44. The maximum atomic E-state index is 10.7. The highest BCUT2D eigenvalue weighted by atomic mass is 32.2. The van der Waals surface area contributed by atoms with Crippen LogP contribution in [-0.4, -0.2) is 26.8 Å². The zero-order chi connectivity index (χ0) is 12.5. The molecule has 92 valence electrons. The van der Waals surface area contributed by atoms with Crippen molar-refractivity contribution in [3.05, 3.63) is 17.6 Å². The van der Waals surface area contributed by atoms with E-state index < -0.39 is 5.97 Å². The first-order valence-corrected chi connectivity index (χ1v) is 6.65. The number of carbonyl (C=O) groups is 1. The predicted molar refractivity (Wildman–Crippen MR) is 66.1 cm³/mol. The van der Waals surface area contributed by atoms with E-state index in [1.807, 2.05) is 19.9 Å². The number of aryl methyl sites for hydroxylation is 2. The van der Waals surface area contributed by atoms with Crippen molar-refractivity contribution in [3.63, 3.8) is 0 Å². The van der Waals surface area contributed by atoms with Crippen LogP contribution in [0.3, 0.4) is 0 Å². The van der Waals surface area contributed by atoms with E-state index >= 15 is 0 Å². The number of hydrogen-bond donors (Lipinski definition) is 1. The lowest BCUT2D eigenvalue weighted by Crippen LogP contribution is -2.11. The van der Waals surface area contributed by atoms with Crippen molar-refractivity contribution in [1.82, 2.24) is 9.97 Å². The molecule has 0 atom stereocenters. The molecule has 1 aromatic heterocycles. The Bertz CT molecular complexity index is 424. The van der Waals surface area contributed by atoms with E-state index in [4.69, 9.17) is 5.11 Å². The number of rotatable bonds is 5. The predicted octanol–water partition coefficient (Wildman–Crippen LogP) is 2.44. The Morgan fingerprint density at radius 2 is 2.18 bits per heavy atom. The maximum absolute atomic E-state index is 10.7. The summed E-state index contributed by atoms with van der Waals surface area (Å²) in [5.74, 6) is 0.920. The van der Waals surface area contributed by atoms with Crippen molar-refractivity contribution in [2.24, 2.45) is 5.41 Å². The van der Waals surface area contributed by atoms with Gasteiger partial charge in [0, 0.05) is 11.4 Å². The molecule has 0 saturated heterocycles. The Morgan fingerprint density at radius 1 is 1.47 bits per heavy atom. The van der Waals surface area contributed by atoms with E-state index in [2.05, 4.69) is 9.97 Å². The van der Waals surface area contributed by atoms with Crippen LogP contribution in [0.2, 0.25) is 0 Å². The van der Waals surface area contributed by atoms with Crippen LogP contribution in [0.1, 0.15) is 30.8 Å². The molecule has 0 aromatic carbocycles. The second kappa shape index (κ2) is 4.64. The normalized spacial score (nSPS) is 16.8. The second-order valence-corrected chi connectivity index (χ2v) is 5.75. The quantitative estimate of drug-likeness (QED) is 0.644. The lowest BCUT2D eigenvalue weighted by molar-refractivity contribution is -0.138. The average Bonchev–Trinajstić information content (AvgIpc) is 2.93. The first-order valence-electron chi connectivity index (χ1n) is 5.66. The first kappa shape index (κ1) is 12.4. The van der Waals surface area contributed by atoms with Crippen LogP contribution in [0.5, 0.6) is 0 Å². The zero-order valence-corrected chi connectivity index (χ0v) is 10.9. The Hall–Kier alpha value is -1.10. The molecule has 1 fully saturated rings. The van der Waals surface area contributed by atoms with Gasteiger partial charge < -0.3 is 5.11 Å². The van der Waals surface area contributed by atoms with E-state index in [-0.39, 0.29) is 11.8 Å². The lowest BCUT2D eigenvalue weighted by atomic mass is 10.1. The molecule has 5 heteroatoms. The Morgan fingerprint density at radius 3 is 2.71 bits per heavy atom. The molecule has 0 amide bonds. The van der Waals surface area contributed by atoms with E-state index in [1.54, 1.807) is 11.8 Å². The van der Waals surface area contributed by atoms with Crippen LogP contribution >= 0.6 is 11.8 Å². The summed E-state index contributed by atoms with van der Waals surface area (Å²) in [6, 6.07) is 1.95. The van der Waals surface area contributed by atoms with Gasteiger partial charge >= 0.3 is 5.97 Å². The third-order valence-corrected chi connectivity index (χ3v) is 4.21. The van der Waals surface area contributed by atoms with Crippen molar-refractivity contribution in [2.75, 3.05) is 5.75 Å². The molecular formula is C12H16N2O2S. The summed E-state index contributed by atoms with van der Waals surface area (Å²) in [7, 11) is 0. The lowest BCUT2D eigenvalue weighted by Gasteiger charge is -2.11. The van der Waals surface area contributed by atoms with Crippen LogP contribution in [0.25, 0.3) is 0 Å². The highest BCUT2D eigenvalue weighted by Crippen LogP contribution is 2.51. The number of aromatic nitrogens is 2. The Labute approximate surface area is 105 Å². The number of aliphatic carboxylic acids is 1. The third-order valence-electron chi connectivity index (χ3n) is 2.95. The van der Waals surface area contributed by atoms with E-state index in [9.17, 15) is 4.79 Å². The van der Waals surface area contributed by atoms with Gasteiger partial charge in [0.25, 0.3) is 0 Å². The fraction of sp³-hybridized carbons (Fsp3) is 0.583. The Kier molecular flexibility index (Phi) is 3.38. The largest absolute Gasteiger partial charge is 0.481 e. The van der Waals surface area contributed by atoms with Crippen molar-refractivity contribution in [2.45, 2.75) is 38.1 Å². The molecule has 0 spiro atoms. The van der Waals surface area contributed by atoms with Crippen molar-refractivity contribution in [1.29, 1.82) is 0 Å². The van der Waals surface area contributed by atoms with Crippen LogP contribution in [0, 0.1) is 19.3 Å². The summed E-state index contributed by atoms with van der Waals surface area (Å²) in [6.07, 6.45) is 2.33. The van der Waals surface area contributed by atoms with Gasteiger partial charge in [-0.2, -0.15) is 0 Å². The number of carboxylic acids is 1. The summed E-state index contributed by atoms with van der Waals surface area (Å²) >= 11 is 1.65. The molecule has 17 heavy (non-hydrogen) atoms. The van der Waals surface area contributed by atoms with E-state index in [0.717, 1.165) is 35.1 Å². The van der Waals surface area contributed by atoms with Gasteiger partial charge in [0.15, 0.2) is 0 Å². The van der Waals surface area contributed by atoms with Crippen LogP contribution in [0.15, 0.2) is 11.1 Å². The number of nitrogens with zero attached hydrogens (tertiary/aromatic N) is 2. The van der Waals surface area contributed by atoms with Gasteiger partial charge in [0.2, 0.25) is 0 Å². The van der Waals surface area contributed by atoms with Gasteiger partial charge in [-0.1, -0.05) is 0 Å². The summed E-state index contributed by atoms with van der Waals surface area (Å²) in [5, 5.41) is 9.79. The van der Waals surface area contributed by atoms with Crippen molar-refractivity contribution >= 4 is 17.7 Å². The SMILES string of the molecule is Cc1cc(SCC2(CC(=O)O)CC2)nc(C)n1. The topological polar surface area (TPSA) is 63.1 Å². The number of carboxylic acid groups (broad SMARTS) is 1. The van der Waals surface area contributed by atoms with Crippen molar-refractivity contribution in [3.8, 4) is 0 Å². The Balaban J connectivity index is 1.96. The molecule has 1 aliphatic carbocycles. The maximum Gasteiger partial charge on any atom is 0.303 e. The standard InChI is InChI=1S/C12H16N2O2S/c1-8-5-10(14-9(2)13-8)17-7-12(3-4-12)6-11(15)16/h5H,3-4,6-7H2,1-2H3,(H,15,16). The summed E-state index contributed by atoms with van der Waals surface area (Å²) in [4.78, 5) is 19.3. The highest BCUT2D eigenvalue weighted by molar-refractivity contribution is 7.99. The molecule has 0 radical (unpaired) electrons. The molecular weight excluding hydrogens is 236 g/mol. The van der Waals surface area contributed by atoms with Crippen LogP contribution < -0.4 is 0 Å². The molecule has 0 unspecified atom stereocenters. The minimum atomic E-state index is -0.696. The second-order valence-electron chi connectivity index (χ2n) is 4.75. The first-order chi connectivity index (χ1) is 7.99. The van der Waals surface area contributed by atoms with E-state index in [0.29, 0.717) is 0 Å². The monoisotopic (exact) mass is 252 g/mol. The molecule has 1 saturated carbocycles. The minimum Gasteiger partial charge on any atom is -0.481 e. The molecule has 0 bridgehead atoms. The number of thioether (sulfide) groups is 1. The summed E-state index contributed by atoms with van der Waals surface area (Å²) in [5.41, 5.74) is 0.978. The van der Waals surface area contributed by atoms with Gasteiger partial charge in [-0.3, -0.25) is 4.79 Å². The fourth-order valence-corrected chi connectivity index (χ4v) is 3.15. The molecule has 1 heterocycles. The summed E-state index contributed by atoms with van der Waals surface area (Å²) in [6.45, 7) is 3.82. The van der Waals surface area contributed by atoms with Crippen LogP contribution in [0.4, 0.5) is 0 Å². The third kappa shape index (κ3) is 3.43. The molecule has 2 rings (SSSR count). The van der Waals surface area contributed by atoms with Gasteiger partial charge in [-0.05, 0) is 38.2 Å². The zero-order valence-electron chi connectivity index (χ0n) is 10.1. The van der Waals surface area contributed by atoms with Gasteiger partial charge in [0.1, 0.15) is 5.82 Å². The molecule has 1 N–H and O–H groups in total. The molecule has 4 nitrogen and oxygen atoms in total. The molecule has 1 aromatic rings. The number of hydrogen-bond acceptors (Lipinski definition) is 4. The smallest absolute Gasteiger partial charge is 0.303 e. The van der Waals surface area contributed by atoms with Gasteiger partial charge in [0.05, 0.1) is 11.4 Å². The van der Waals surface area contributed by atoms with Gasteiger partial charge in [-0.25, -0.2) is 9.97 Å². The summed E-state index contributed by atoms with van der Waals surface area (Å²) < 4.78 is 0. The van der Waals surface area contributed by atoms with Gasteiger partial charge in [-0.15, -0.1) is 11.8 Å². The fourth-order valence-electron chi connectivity index (χ4n) is 1.85. The molecule has 0 aliphatic heterocycles. The molecule has 1 aliphatic rings. The van der Waals surface area contributed by atoms with Crippen molar-refractivity contribution < 1.29 is 9.90 Å². The van der Waals surface area contributed by atoms with Crippen LogP contribution in [-0.2, 0) is 4.79 Å². The van der Waals surface area contributed by atoms with E-state index in [1.165, 1.54) is 0 Å². The average molecular weight is 252 g/mol. The minimum absolute atomic E-state index is 0.0171.